The predicted molar refractivity (Wildman–Crippen MR) is 85.2 cm³/mol. The van der Waals surface area contributed by atoms with Gasteiger partial charge in [0.05, 0.1) is 6.54 Å². The second kappa shape index (κ2) is 9.74. The standard InChI is InChI=1S/C15H25N5O/c1-4-9-18-15(16-2)19-12-14(21)20(3)11-8-13-7-5-6-10-17-13/h5-7,10H,4,8-9,11-12H2,1-3H3,(H2,16,18,19). The van der Waals surface area contributed by atoms with Gasteiger partial charge in [0.15, 0.2) is 5.96 Å². The molecule has 1 heterocycles. The number of hydrogen-bond donors (Lipinski definition) is 2. The highest BCUT2D eigenvalue weighted by Crippen LogP contribution is 1.96. The Kier molecular flexibility index (Phi) is 7.86. The van der Waals surface area contributed by atoms with Crippen molar-refractivity contribution >= 4 is 11.9 Å². The molecule has 0 fully saturated rings. The number of rotatable bonds is 7. The molecule has 21 heavy (non-hydrogen) atoms. The van der Waals surface area contributed by atoms with Crippen LogP contribution in [0.2, 0.25) is 0 Å². The molecule has 1 aromatic heterocycles. The fourth-order valence-electron chi connectivity index (χ4n) is 1.71. The molecule has 0 saturated carbocycles. The molecule has 0 atom stereocenters. The highest BCUT2D eigenvalue weighted by molar-refractivity contribution is 5.86. The summed E-state index contributed by atoms with van der Waals surface area (Å²) in [6, 6.07) is 5.80. The van der Waals surface area contributed by atoms with Crippen molar-refractivity contribution in [2.45, 2.75) is 19.8 Å². The van der Waals surface area contributed by atoms with Gasteiger partial charge in [0.25, 0.3) is 0 Å². The molecule has 0 saturated heterocycles. The molecule has 1 aromatic rings. The third kappa shape index (κ3) is 6.74. The van der Waals surface area contributed by atoms with E-state index in [-0.39, 0.29) is 12.5 Å². The number of carbonyl (C=O) groups excluding carboxylic acids is 1. The van der Waals surface area contributed by atoms with E-state index in [2.05, 4.69) is 27.5 Å². The topological polar surface area (TPSA) is 69.6 Å². The first-order valence-electron chi connectivity index (χ1n) is 7.25. The van der Waals surface area contributed by atoms with Gasteiger partial charge >= 0.3 is 0 Å². The summed E-state index contributed by atoms with van der Waals surface area (Å²) in [5, 5.41) is 6.14. The molecule has 6 heteroatoms. The number of aliphatic imine (C=N–C) groups is 1. The van der Waals surface area contributed by atoms with Gasteiger partial charge < -0.3 is 15.5 Å². The van der Waals surface area contributed by atoms with Crippen molar-refractivity contribution in [1.29, 1.82) is 0 Å². The first kappa shape index (κ1) is 16.9. The van der Waals surface area contributed by atoms with Crippen LogP contribution in [0.1, 0.15) is 19.0 Å². The van der Waals surface area contributed by atoms with Crippen LogP contribution < -0.4 is 10.6 Å². The number of likely N-dealkylation sites (N-methyl/N-ethyl adjacent to an activating group) is 1. The zero-order valence-corrected chi connectivity index (χ0v) is 13.1. The van der Waals surface area contributed by atoms with E-state index in [0.717, 1.165) is 25.1 Å². The normalized spacial score (nSPS) is 11.1. The van der Waals surface area contributed by atoms with Crippen molar-refractivity contribution in [2.75, 3.05) is 33.7 Å². The Bertz CT molecular complexity index is 447. The molecule has 2 N–H and O–H groups in total. The molecule has 1 rings (SSSR count). The molecule has 0 unspecified atom stereocenters. The van der Waals surface area contributed by atoms with Crippen LogP contribution in [-0.4, -0.2) is 55.5 Å². The van der Waals surface area contributed by atoms with Crippen LogP contribution in [0.4, 0.5) is 0 Å². The zero-order valence-electron chi connectivity index (χ0n) is 13.1. The van der Waals surface area contributed by atoms with Gasteiger partial charge in [-0.25, -0.2) is 0 Å². The highest BCUT2D eigenvalue weighted by atomic mass is 16.2. The third-order valence-electron chi connectivity index (χ3n) is 3.03. The average Bonchev–Trinajstić information content (AvgIpc) is 2.53. The minimum atomic E-state index is 0.0328. The second-order valence-electron chi connectivity index (χ2n) is 4.74. The van der Waals surface area contributed by atoms with Crippen molar-refractivity contribution in [2.24, 2.45) is 4.99 Å². The van der Waals surface area contributed by atoms with Crippen molar-refractivity contribution in [1.82, 2.24) is 20.5 Å². The van der Waals surface area contributed by atoms with E-state index in [0.29, 0.717) is 12.5 Å². The first-order valence-corrected chi connectivity index (χ1v) is 7.25. The maximum Gasteiger partial charge on any atom is 0.241 e. The maximum atomic E-state index is 12.0. The van der Waals surface area contributed by atoms with Crippen LogP contribution in [0.5, 0.6) is 0 Å². The van der Waals surface area contributed by atoms with Crippen molar-refractivity contribution in [3.8, 4) is 0 Å². The van der Waals surface area contributed by atoms with Gasteiger partial charge in [0, 0.05) is 45.5 Å². The molecule has 0 spiro atoms. The van der Waals surface area contributed by atoms with Gasteiger partial charge in [-0.15, -0.1) is 0 Å². The Morgan fingerprint density at radius 3 is 2.81 bits per heavy atom. The summed E-state index contributed by atoms with van der Waals surface area (Å²) in [6.07, 6.45) is 3.53. The van der Waals surface area contributed by atoms with Crippen LogP contribution in [0.25, 0.3) is 0 Å². The molecule has 0 aliphatic rings. The summed E-state index contributed by atoms with van der Waals surface area (Å²) in [7, 11) is 3.50. The molecule has 0 radical (unpaired) electrons. The summed E-state index contributed by atoms with van der Waals surface area (Å²) in [5.74, 6) is 0.689. The lowest BCUT2D eigenvalue weighted by atomic mass is 10.2. The fraction of sp³-hybridized carbons (Fsp3) is 0.533. The minimum Gasteiger partial charge on any atom is -0.356 e. The van der Waals surface area contributed by atoms with Crippen LogP contribution in [-0.2, 0) is 11.2 Å². The Morgan fingerprint density at radius 1 is 1.38 bits per heavy atom. The van der Waals surface area contributed by atoms with E-state index < -0.39 is 0 Å². The number of carbonyl (C=O) groups is 1. The Balaban J connectivity index is 2.30. The van der Waals surface area contributed by atoms with Crippen LogP contribution in [0.3, 0.4) is 0 Å². The van der Waals surface area contributed by atoms with Gasteiger partial charge in [0.2, 0.25) is 5.91 Å². The summed E-state index contributed by atoms with van der Waals surface area (Å²) in [6.45, 7) is 3.81. The molecular formula is C15H25N5O. The number of nitrogens with zero attached hydrogens (tertiary/aromatic N) is 3. The van der Waals surface area contributed by atoms with Crippen molar-refractivity contribution < 1.29 is 4.79 Å². The Hall–Kier alpha value is -2.11. The summed E-state index contributed by atoms with van der Waals surface area (Å²) in [4.78, 5) is 22.0. The SMILES string of the molecule is CCCNC(=NC)NCC(=O)N(C)CCc1ccccn1. The Labute approximate surface area is 126 Å². The number of hydrogen-bond acceptors (Lipinski definition) is 3. The predicted octanol–water partition coefficient (Wildman–Crippen LogP) is 0.658. The van der Waals surface area contributed by atoms with E-state index >= 15 is 0 Å². The molecule has 1 amide bonds. The van der Waals surface area contributed by atoms with Crippen molar-refractivity contribution in [3.63, 3.8) is 0 Å². The van der Waals surface area contributed by atoms with Crippen molar-refractivity contribution in [3.05, 3.63) is 30.1 Å². The van der Waals surface area contributed by atoms with E-state index in [4.69, 9.17) is 0 Å². The lowest BCUT2D eigenvalue weighted by molar-refractivity contribution is -0.128. The lowest BCUT2D eigenvalue weighted by Gasteiger charge is -2.18. The number of amides is 1. The Morgan fingerprint density at radius 2 is 2.19 bits per heavy atom. The van der Waals surface area contributed by atoms with Gasteiger partial charge in [-0.05, 0) is 18.6 Å². The monoisotopic (exact) mass is 291 g/mol. The van der Waals surface area contributed by atoms with Crippen LogP contribution >= 0.6 is 0 Å². The minimum absolute atomic E-state index is 0.0328. The summed E-state index contributed by atoms with van der Waals surface area (Å²) < 4.78 is 0. The average molecular weight is 291 g/mol. The van der Waals surface area contributed by atoms with E-state index in [1.807, 2.05) is 18.2 Å². The fourth-order valence-corrected chi connectivity index (χ4v) is 1.71. The van der Waals surface area contributed by atoms with E-state index in [1.54, 1.807) is 25.2 Å². The van der Waals surface area contributed by atoms with Gasteiger partial charge in [-0.3, -0.25) is 14.8 Å². The van der Waals surface area contributed by atoms with Crippen LogP contribution in [0.15, 0.2) is 29.4 Å². The van der Waals surface area contributed by atoms with E-state index in [1.165, 1.54) is 0 Å². The number of aromatic nitrogens is 1. The quantitative estimate of drug-likeness (QED) is 0.572. The molecule has 0 bridgehead atoms. The maximum absolute atomic E-state index is 12.0. The largest absolute Gasteiger partial charge is 0.356 e. The molecule has 0 aliphatic carbocycles. The highest BCUT2D eigenvalue weighted by Gasteiger charge is 2.09. The van der Waals surface area contributed by atoms with Gasteiger partial charge in [0.1, 0.15) is 0 Å². The molecule has 116 valence electrons. The first-order chi connectivity index (χ1) is 10.2. The molecule has 0 aliphatic heterocycles. The third-order valence-corrected chi connectivity index (χ3v) is 3.03. The zero-order chi connectivity index (χ0) is 15.5. The second-order valence-corrected chi connectivity index (χ2v) is 4.74. The summed E-state index contributed by atoms with van der Waals surface area (Å²) >= 11 is 0. The molecule has 0 aromatic carbocycles. The number of guanidine groups is 1. The smallest absolute Gasteiger partial charge is 0.241 e. The molecule has 6 nitrogen and oxygen atoms in total. The molecular weight excluding hydrogens is 266 g/mol. The van der Waals surface area contributed by atoms with Gasteiger partial charge in [-0.2, -0.15) is 0 Å². The van der Waals surface area contributed by atoms with E-state index in [9.17, 15) is 4.79 Å². The summed E-state index contributed by atoms with van der Waals surface area (Å²) in [5.41, 5.74) is 0.991. The lowest BCUT2D eigenvalue weighted by Crippen LogP contribution is -2.44. The van der Waals surface area contributed by atoms with Gasteiger partial charge in [-0.1, -0.05) is 13.0 Å². The number of nitrogens with one attached hydrogen (secondary N) is 2. The number of pyridine rings is 1. The van der Waals surface area contributed by atoms with Crippen LogP contribution in [0, 0.1) is 0 Å².